The summed E-state index contributed by atoms with van der Waals surface area (Å²) < 4.78 is 10.2. The van der Waals surface area contributed by atoms with Crippen LogP contribution in [0.25, 0.3) is 6.08 Å². The third kappa shape index (κ3) is 6.43. The van der Waals surface area contributed by atoms with Crippen molar-refractivity contribution in [3.05, 3.63) is 63.7 Å². The van der Waals surface area contributed by atoms with Gasteiger partial charge in [-0.3, -0.25) is 14.9 Å². The lowest BCUT2D eigenvalue weighted by molar-refractivity contribution is -0.384. The number of methoxy groups -OCH3 is 1. The Morgan fingerprint density at radius 1 is 1.00 bits per heavy atom. The summed E-state index contributed by atoms with van der Waals surface area (Å²) in [6.07, 6.45) is 2.86. The van der Waals surface area contributed by atoms with Crippen LogP contribution in [0, 0.1) is 10.1 Å². The number of piperazine rings is 1. The standard InChI is InChI=1S/C26H31N5O6/c1-28-9-11-29(12-10-28)22-7-5-20(26(33)36-2)18-21(22)27-25(32)8-4-19-3-6-23(24(17-19)31(34)35)30-13-15-37-16-14-30/h3-8,17-18H,9-16H2,1-2H3,(H,27,32)/b8-4+. The van der Waals surface area contributed by atoms with Gasteiger partial charge in [0.1, 0.15) is 5.69 Å². The van der Waals surface area contributed by atoms with Crippen molar-refractivity contribution in [2.24, 2.45) is 0 Å². The summed E-state index contributed by atoms with van der Waals surface area (Å²) in [5, 5.41) is 14.6. The molecule has 2 fully saturated rings. The zero-order valence-electron chi connectivity index (χ0n) is 21.0. The van der Waals surface area contributed by atoms with Gasteiger partial charge in [-0.05, 0) is 43.0 Å². The van der Waals surface area contributed by atoms with Gasteiger partial charge < -0.3 is 29.5 Å². The van der Waals surface area contributed by atoms with E-state index in [4.69, 9.17) is 9.47 Å². The number of benzene rings is 2. The number of nitrogens with one attached hydrogen (secondary N) is 1. The first-order valence-electron chi connectivity index (χ1n) is 12.1. The summed E-state index contributed by atoms with van der Waals surface area (Å²) >= 11 is 0. The van der Waals surface area contributed by atoms with Gasteiger partial charge in [0.15, 0.2) is 0 Å². The second kappa shape index (κ2) is 11.8. The monoisotopic (exact) mass is 509 g/mol. The van der Waals surface area contributed by atoms with Gasteiger partial charge in [0.05, 0.1) is 42.2 Å². The topological polar surface area (TPSA) is 117 Å². The molecule has 2 aliphatic heterocycles. The molecule has 2 aliphatic rings. The van der Waals surface area contributed by atoms with Crippen molar-refractivity contribution in [2.75, 3.05) is 81.8 Å². The van der Waals surface area contributed by atoms with Gasteiger partial charge in [0.25, 0.3) is 5.69 Å². The molecule has 0 aliphatic carbocycles. The van der Waals surface area contributed by atoms with Crippen LogP contribution in [0.15, 0.2) is 42.5 Å². The van der Waals surface area contributed by atoms with Gasteiger partial charge >= 0.3 is 5.97 Å². The lowest BCUT2D eigenvalue weighted by atomic mass is 10.1. The Balaban J connectivity index is 1.53. The molecular formula is C26H31N5O6. The fourth-order valence-electron chi connectivity index (χ4n) is 4.41. The Morgan fingerprint density at radius 2 is 1.68 bits per heavy atom. The van der Waals surface area contributed by atoms with Crippen LogP contribution in [0.3, 0.4) is 0 Å². The Labute approximate surface area is 215 Å². The molecule has 2 aromatic rings. The number of carbonyl (C=O) groups is 2. The van der Waals surface area contributed by atoms with Crippen LogP contribution < -0.4 is 15.1 Å². The van der Waals surface area contributed by atoms with Gasteiger partial charge in [-0.2, -0.15) is 0 Å². The second-order valence-electron chi connectivity index (χ2n) is 8.94. The van der Waals surface area contributed by atoms with Crippen molar-refractivity contribution in [3.8, 4) is 0 Å². The van der Waals surface area contributed by atoms with Crippen LogP contribution in [0.2, 0.25) is 0 Å². The summed E-state index contributed by atoms with van der Waals surface area (Å²) in [5.41, 5.74) is 2.68. The van der Waals surface area contributed by atoms with E-state index in [1.165, 1.54) is 25.3 Å². The van der Waals surface area contributed by atoms with E-state index in [2.05, 4.69) is 22.2 Å². The molecule has 4 rings (SSSR count). The van der Waals surface area contributed by atoms with E-state index in [1.807, 2.05) is 11.0 Å². The molecule has 0 unspecified atom stereocenters. The van der Waals surface area contributed by atoms with Crippen molar-refractivity contribution < 1.29 is 24.0 Å². The number of nitrogens with zero attached hydrogens (tertiary/aromatic N) is 4. The summed E-state index contributed by atoms with van der Waals surface area (Å²) in [4.78, 5) is 42.6. The molecule has 0 radical (unpaired) electrons. The SMILES string of the molecule is COC(=O)c1ccc(N2CCN(C)CC2)c(NC(=O)/C=C/c2ccc(N3CCOCC3)c([N+](=O)[O-])c2)c1. The zero-order chi connectivity index (χ0) is 26.4. The van der Waals surface area contributed by atoms with Crippen LogP contribution >= 0.6 is 0 Å². The fraction of sp³-hybridized carbons (Fsp3) is 0.385. The average molecular weight is 510 g/mol. The summed E-state index contributed by atoms with van der Waals surface area (Å²) in [6.45, 7) is 5.53. The van der Waals surface area contributed by atoms with Crippen LogP contribution in [0.1, 0.15) is 15.9 Å². The van der Waals surface area contributed by atoms with Crippen LogP contribution in [0.4, 0.5) is 22.7 Å². The predicted octanol–water partition coefficient (Wildman–Crippen LogP) is 2.62. The molecule has 0 bridgehead atoms. The summed E-state index contributed by atoms with van der Waals surface area (Å²) in [5.74, 6) is -0.916. The molecule has 11 nitrogen and oxygen atoms in total. The van der Waals surface area contributed by atoms with Crippen molar-refractivity contribution >= 4 is 40.7 Å². The van der Waals surface area contributed by atoms with Crippen LogP contribution in [0.5, 0.6) is 0 Å². The van der Waals surface area contributed by atoms with Gasteiger partial charge in [-0.1, -0.05) is 6.07 Å². The summed E-state index contributed by atoms with van der Waals surface area (Å²) in [6, 6.07) is 10.0. The van der Waals surface area contributed by atoms with E-state index in [1.54, 1.807) is 24.3 Å². The molecule has 0 saturated carbocycles. The highest BCUT2D eigenvalue weighted by molar-refractivity contribution is 6.05. The molecule has 1 amide bonds. The van der Waals surface area contributed by atoms with E-state index < -0.39 is 16.8 Å². The molecule has 2 heterocycles. The minimum atomic E-state index is -0.497. The number of esters is 1. The average Bonchev–Trinajstić information content (AvgIpc) is 2.92. The minimum absolute atomic E-state index is 0.0207. The van der Waals surface area contributed by atoms with Crippen LogP contribution in [-0.2, 0) is 14.3 Å². The predicted molar refractivity (Wildman–Crippen MR) is 141 cm³/mol. The fourth-order valence-corrected chi connectivity index (χ4v) is 4.41. The highest BCUT2D eigenvalue weighted by atomic mass is 16.6. The number of amides is 1. The van der Waals surface area contributed by atoms with E-state index in [9.17, 15) is 19.7 Å². The van der Waals surface area contributed by atoms with Crippen molar-refractivity contribution in [1.82, 2.24) is 4.90 Å². The van der Waals surface area contributed by atoms with Gasteiger partial charge in [0.2, 0.25) is 5.91 Å². The lowest BCUT2D eigenvalue weighted by Gasteiger charge is -2.35. The first kappa shape index (κ1) is 26.1. The van der Waals surface area contributed by atoms with Gasteiger partial charge in [0, 0.05) is 51.4 Å². The Bertz CT molecular complexity index is 1190. The molecule has 1 N–H and O–H groups in total. The highest BCUT2D eigenvalue weighted by Gasteiger charge is 2.22. The molecule has 2 saturated heterocycles. The first-order valence-corrected chi connectivity index (χ1v) is 12.1. The number of nitro groups is 1. The number of ether oxygens (including phenoxy) is 2. The Morgan fingerprint density at radius 3 is 2.35 bits per heavy atom. The van der Waals surface area contributed by atoms with Gasteiger partial charge in [-0.25, -0.2) is 4.79 Å². The van der Waals surface area contributed by atoms with Crippen molar-refractivity contribution in [2.45, 2.75) is 0 Å². The molecule has 0 aromatic heterocycles. The maximum absolute atomic E-state index is 12.9. The molecule has 2 aromatic carbocycles. The van der Waals surface area contributed by atoms with E-state index in [0.717, 1.165) is 31.9 Å². The van der Waals surface area contributed by atoms with E-state index in [0.29, 0.717) is 48.8 Å². The number of anilines is 3. The third-order valence-corrected chi connectivity index (χ3v) is 6.49. The number of hydrogen-bond acceptors (Lipinski definition) is 9. The molecule has 196 valence electrons. The number of carbonyl (C=O) groups excluding carboxylic acids is 2. The smallest absolute Gasteiger partial charge is 0.337 e. The quantitative estimate of drug-likeness (QED) is 0.260. The molecule has 0 atom stereocenters. The number of likely N-dealkylation sites (N-methyl/N-ethyl adjacent to an activating group) is 1. The normalized spacial score (nSPS) is 16.6. The lowest BCUT2D eigenvalue weighted by Crippen LogP contribution is -2.44. The molecule has 11 heteroatoms. The van der Waals surface area contributed by atoms with Crippen molar-refractivity contribution in [3.63, 3.8) is 0 Å². The van der Waals surface area contributed by atoms with E-state index in [-0.39, 0.29) is 5.69 Å². The maximum Gasteiger partial charge on any atom is 0.337 e. The molecular weight excluding hydrogens is 478 g/mol. The van der Waals surface area contributed by atoms with Crippen LogP contribution in [-0.4, -0.2) is 88.3 Å². The number of morpholine rings is 1. The number of hydrogen-bond donors (Lipinski definition) is 1. The van der Waals surface area contributed by atoms with Gasteiger partial charge in [-0.15, -0.1) is 0 Å². The number of nitro benzene ring substituents is 1. The highest BCUT2D eigenvalue weighted by Crippen LogP contribution is 2.31. The maximum atomic E-state index is 12.9. The molecule has 0 spiro atoms. The zero-order valence-corrected chi connectivity index (χ0v) is 21.0. The largest absolute Gasteiger partial charge is 0.465 e. The Hall–Kier alpha value is -3.96. The number of rotatable bonds is 7. The molecule has 37 heavy (non-hydrogen) atoms. The first-order chi connectivity index (χ1) is 17.9. The third-order valence-electron chi connectivity index (χ3n) is 6.49. The van der Waals surface area contributed by atoms with E-state index >= 15 is 0 Å². The minimum Gasteiger partial charge on any atom is -0.465 e. The van der Waals surface area contributed by atoms with Crippen molar-refractivity contribution in [1.29, 1.82) is 0 Å². The summed E-state index contributed by atoms with van der Waals surface area (Å²) in [7, 11) is 3.37. The second-order valence-corrected chi connectivity index (χ2v) is 8.94. The Kier molecular flexibility index (Phi) is 8.36.